The summed E-state index contributed by atoms with van der Waals surface area (Å²) in [6.45, 7) is 4.09. The molecule has 1 amide bonds. The molecule has 2 N–H and O–H groups in total. The monoisotopic (exact) mass is 511 g/mol. The van der Waals surface area contributed by atoms with Gasteiger partial charge in [0.05, 0.1) is 19.8 Å². The van der Waals surface area contributed by atoms with Gasteiger partial charge < -0.3 is 38.8 Å². The minimum atomic E-state index is -1.24. The van der Waals surface area contributed by atoms with Crippen molar-refractivity contribution in [1.29, 1.82) is 0 Å². The molecule has 0 aliphatic carbocycles. The first-order chi connectivity index (χ1) is 17.1. The molecule has 0 spiro atoms. The Morgan fingerprint density at radius 2 is 1.61 bits per heavy atom. The van der Waals surface area contributed by atoms with Gasteiger partial charge in [0.15, 0.2) is 18.5 Å². The summed E-state index contributed by atoms with van der Waals surface area (Å²) in [6, 6.07) is 8.21. The molecule has 200 valence electrons. The summed E-state index contributed by atoms with van der Waals surface area (Å²) in [6.07, 6.45) is -5.52. The maximum absolute atomic E-state index is 12.0. The number of hydrogen-bond acceptors (Lipinski definition) is 11. The quantitative estimate of drug-likeness (QED) is 0.293. The highest BCUT2D eigenvalue weighted by Crippen LogP contribution is 2.28. The Kier molecular flexibility index (Phi) is 11.7. The zero-order valence-corrected chi connectivity index (χ0v) is 20.7. The number of carbonyl (C=O) groups excluding carboxylic acids is 4. The second kappa shape index (κ2) is 14.5. The smallest absolute Gasteiger partial charge is 0.303 e. The van der Waals surface area contributed by atoms with E-state index in [1.807, 2.05) is 30.3 Å². The van der Waals surface area contributed by atoms with Gasteiger partial charge in [-0.05, 0) is 5.56 Å². The van der Waals surface area contributed by atoms with Crippen LogP contribution >= 0.6 is 0 Å². The Bertz CT molecular complexity index is 878. The molecule has 2 rings (SSSR count). The maximum Gasteiger partial charge on any atom is 0.303 e. The lowest BCUT2D eigenvalue weighted by molar-refractivity contribution is -0.283. The van der Waals surface area contributed by atoms with Crippen molar-refractivity contribution in [3.8, 4) is 0 Å². The van der Waals surface area contributed by atoms with Gasteiger partial charge in [0.25, 0.3) is 0 Å². The summed E-state index contributed by atoms with van der Waals surface area (Å²) >= 11 is 0. The van der Waals surface area contributed by atoms with Gasteiger partial charge in [-0.1, -0.05) is 30.3 Å². The van der Waals surface area contributed by atoms with E-state index in [-0.39, 0.29) is 26.4 Å². The molecule has 12 nitrogen and oxygen atoms in total. The van der Waals surface area contributed by atoms with Crippen LogP contribution in [0.3, 0.4) is 0 Å². The Balaban J connectivity index is 2.24. The van der Waals surface area contributed by atoms with Crippen molar-refractivity contribution in [3.63, 3.8) is 0 Å². The number of aliphatic hydroxyl groups excluding tert-OH is 1. The largest absolute Gasteiger partial charge is 0.463 e. The zero-order valence-electron chi connectivity index (χ0n) is 20.7. The zero-order chi connectivity index (χ0) is 26.7. The lowest BCUT2D eigenvalue weighted by Crippen LogP contribution is -2.66. The van der Waals surface area contributed by atoms with Crippen LogP contribution in [0.15, 0.2) is 30.3 Å². The predicted molar refractivity (Wildman–Crippen MR) is 122 cm³/mol. The molecule has 6 atom stereocenters. The van der Waals surface area contributed by atoms with Crippen LogP contribution in [0.1, 0.15) is 33.3 Å². The average molecular weight is 512 g/mol. The number of ether oxygens (including phenoxy) is 6. The topological polar surface area (TPSA) is 156 Å². The number of nitrogens with one attached hydrogen (secondary N) is 1. The van der Waals surface area contributed by atoms with Crippen LogP contribution < -0.4 is 5.32 Å². The van der Waals surface area contributed by atoms with E-state index in [4.69, 9.17) is 28.4 Å². The second-order valence-corrected chi connectivity index (χ2v) is 8.15. The fraction of sp³-hybridized carbons (Fsp3) is 0.583. The molecule has 1 aromatic carbocycles. The Hall–Kier alpha value is -3.06. The Morgan fingerprint density at radius 1 is 0.972 bits per heavy atom. The normalized spacial score (nSPS) is 24.3. The molecular formula is C24H33NO11. The Morgan fingerprint density at radius 3 is 2.17 bits per heavy atom. The van der Waals surface area contributed by atoms with Crippen molar-refractivity contribution in [2.75, 3.05) is 19.8 Å². The summed E-state index contributed by atoms with van der Waals surface area (Å²) in [5.74, 6) is -2.52. The third kappa shape index (κ3) is 9.53. The summed E-state index contributed by atoms with van der Waals surface area (Å²) in [5, 5.41) is 12.4. The van der Waals surface area contributed by atoms with Crippen molar-refractivity contribution in [1.82, 2.24) is 5.32 Å². The molecule has 1 fully saturated rings. The number of amides is 1. The van der Waals surface area contributed by atoms with Crippen LogP contribution in [-0.2, 0) is 54.2 Å². The van der Waals surface area contributed by atoms with E-state index in [0.29, 0.717) is 0 Å². The third-order valence-electron chi connectivity index (χ3n) is 5.05. The van der Waals surface area contributed by atoms with Gasteiger partial charge in [0.1, 0.15) is 24.9 Å². The van der Waals surface area contributed by atoms with Crippen molar-refractivity contribution in [3.05, 3.63) is 35.9 Å². The first kappa shape index (κ1) is 29.2. The van der Waals surface area contributed by atoms with E-state index in [1.54, 1.807) is 0 Å². The minimum Gasteiger partial charge on any atom is -0.463 e. The summed E-state index contributed by atoms with van der Waals surface area (Å²) in [7, 11) is 0. The number of benzene rings is 1. The lowest BCUT2D eigenvalue weighted by atomic mass is 9.96. The highest BCUT2D eigenvalue weighted by molar-refractivity contribution is 5.73. The van der Waals surface area contributed by atoms with Crippen LogP contribution in [0.5, 0.6) is 0 Å². The molecule has 12 heteroatoms. The fourth-order valence-electron chi connectivity index (χ4n) is 3.58. The third-order valence-corrected chi connectivity index (χ3v) is 5.05. The van der Waals surface area contributed by atoms with Crippen LogP contribution in [0.4, 0.5) is 0 Å². The average Bonchev–Trinajstić information content (AvgIpc) is 2.81. The van der Waals surface area contributed by atoms with Crippen LogP contribution in [0.2, 0.25) is 0 Å². The molecule has 1 aromatic rings. The molecular weight excluding hydrogens is 478 g/mol. The summed E-state index contributed by atoms with van der Waals surface area (Å²) < 4.78 is 33.3. The van der Waals surface area contributed by atoms with Crippen LogP contribution in [0.25, 0.3) is 0 Å². The van der Waals surface area contributed by atoms with Crippen LogP contribution in [-0.4, -0.2) is 85.5 Å². The lowest BCUT2D eigenvalue weighted by Gasteiger charge is -2.45. The molecule has 0 saturated carbocycles. The highest BCUT2D eigenvalue weighted by atomic mass is 16.7. The molecule has 36 heavy (non-hydrogen) atoms. The standard InChI is InChI=1S/C24H33NO11/c1-14(27)25-21-23(35-17(4)30)22(34-16(3)29)20(13-31-15(2)28)36-24(21)33-12-19(10-26)32-11-18-8-6-5-7-9-18/h5-9,19-24,26H,10-13H2,1-4H3,(H,25,27)/t19?,20-,21?,22+,23-,24?/m1/s1. The van der Waals surface area contributed by atoms with Gasteiger partial charge in [-0.15, -0.1) is 0 Å². The maximum atomic E-state index is 12.0. The van der Waals surface area contributed by atoms with Crippen molar-refractivity contribution in [2.24, 2.45) is 0 Å². The predicted octanol–water partition coefficient (Wildman–Crippen LogP) is 0.237. The molecule has 0 radical (unpaired) electrons. The number of carbonyl (C=O) groups is 4. The van der Waals surface area contributed by atoms with Gasteiger partial charge in [-0.25, -0.2) is 0 Å². The van der Waals surface area contributed by atoms with Gasteiger partial charge in [0, 0.05) is 27.7 Å². The summed E-state index contributed by atoms with van der Waals surface area (Å²) in [4.78, 5) is 47.1. The van der Waals surface area contributed by atoms with E-state index < -0.39 is 60.6 Å². The first-order valence-electron chi connectivity index (χ1n) is 11.4. The van der Waals surface area contributed by atoms with E-state index in [9.17, 15) is 24.3 Å². The van der Waals surface area contributed by atoms with Gasteiger partial charge in [0.2, 0.25) is 5.91 Å². The SMILES string of the molecule is CC(=O)NC1C(OCC(CO)OCc2ccccc2)O[C@H](COC(C)=O)[C@H](OC(C)=O)[C@@H]1OC(C)=O. The van der Waals surface area contributed by atoms with Crippen molar-refractivity contribution < 1.29 is 52.7 Å². The molecule has 1 saturated heterocycles. The molecule has 0 bridgehead atoms. The van der Waals surface area contributed by atoms with Crippen molar-refractivity contribution in [2.45, 2.75) is 71.0 Å². The van der Waals surface area contributed by atoms with Crippen molar-refractivity contribution >= 4 is 23.8 Å². The number of aliphatic hydroxyl groups is 1. The van der Waals surface area contributed by atoms with Crippen LogP contribution in [0, 0.1) is 0 Å². The van der Waals surface area contributed by atoms with E-state index in [2.05, 4.69) is 5.32 Å². The fourth-order valence-corrected chi connectivity index (χ4v) is 3.58. The molecule has 1 heterocycles. The minimum absolute atomic E-state index is 0.157. The number of esters is 3. The molecule has 1 aliphatic heterocycles. The molecule has 1 aliphatic rings. The van der Waals surface area contributed by atoms with E-state index in [0.717, 1.165) is 19.4 Å². The second-order valence-electron chi connectivity index (χ2n) is 8.15. The van der Waals surface area contributed by atoms with Gasteiger partial charge in [-0.3, -0.25) is 19.2 Å². The van der Waals surface area contributed by atoms with E-state index >= 15 is 0 Å². The first-order valence-corrected chi connectivity index (χ1v) is 11.4. The highest BCUT2D eigenvalue weighted by Gasteiger charge is 2.51. The number of hydrogen-bond donors (Lipinski definition) is 2. The van der Waals surface area contributed by atoms with Gasteiger partial charge in [-0.2, -0.15) is 0 Å². The summed E-state index contributed by atoms with van der Waals surface area (Å²) in [5.41, 5.74) is 0.890. The van der Waals surface area contributed by atoms with E-state index in [1.165, 1.54) is 13.8 Å². The Labute approximate surface area is 209 Å². The molecule has 3 unspecified atom stereocenters. The van der Waals surface area contributed by atoms with Gasteiger partial charge >= 0.3 is 17.9 Å². The number of rotatable bonds is 12. The molecule has 0 aromatic heterocycles.